The van der Waals surface area contributed by atoms with Crippen LogP contribution in [0.5, 0.6) is 11.5 Å². The molecule has 1 aliphatic rings. The molecule has 1 aromatic rings. The standard InChI is InChI=1S/C14H20O4/c1-16-13-2-4-14(5-3-13)18-10-12(8-15)11-6-7-17-9-11/h2-5,11-12,15H,6-10H2,1H3. The first-order valence-electron chi connectivity index (χ1n) is 6.29. The second-order valence-electron chi connectivity index (χ2n) is 4.55. The lowest BCUT2D eigenvalue weighted by Crippen LogP contribution is -2.25. The Bertz CT molecular complexity index is 343. The topological polar surface area (TPSA) is 47.9 Å². The van der Waals surface area contributed by atoms with Gasteiger partial charge in [-0.2, -0.15) is 0 Å². The van der Waals surface area contributed by atoms with E-state index in [1.165, 1.54) is 0 Å². The van der Waals surface area contributed by atoms with Gasteiger partial charge in [-0.1, -0.05) is 0 Å². The summed E-state index contributed by atoms with van der Waals surface area (Å²) >= 11 is 0. The Morgan fingerprint density at radius 1 is 1.33 bits per heavy atom. The summed E-state index contributed by atoms with van der Waals surface area (Å²) in [5, 5.41) is 9.39. The molecule has 0 bridgehead atoms. The van der Waals surface area contributed by atoms with Crippen molar-refractivity contribution >= 4 is 0 Å². The molecule has 4 heteroatoms. The first-order valence-corrected chi connectivity index (χ1v) is 6.29. The molecule has 1 N–H and O–H groups in total. The van der Waals surface area contributed by atoms with Crippen LogP contribution in [0.3, 0.4) is 0 Å². The fourth-order valence-corrected chi connectivity index (χ4v) is 2.14. The van der Waals surface area contributed by atoms with Crippen LogP contribution >= 0.6 is 0 Å². The molecule has 2 unspecified atom stereocenters. The maximum atomic E-state index is 9.39. The molecule has 1 aliphatic heterocycles. The van der Waals surface area contributed by atoms with Crippen molar-refractivity contribution < 1.29 is 19.3 Å². The van der Waals surface area contributed by atoms with Crippen LogP contribution in [-0.4, -0.2) is 38.6 Å². The van der Waals surface area contributed by atoms with Crippen LogP contribution in [0.1, 0.15) is 6.42 Å². The molecule has 4 nitrogen and oxygen atoms in total. The van der Waals surface area contributed by atoms with Crippen molar-refractivity contribution in [1.82, 2.24) is 0 Å². The van der Waals surface area contributed by atoms with Gasteiger partial charge >= 0.3 is 0 Å². The Morgan fingerprint density at radius 3 is 2.61 bits per heavy atom. The minimum atomic E-state index is 0.143. The number of rotatable bonds is 6. The molecule has 1 heterocycles. The number of ether oxygens (including phenoxy) is 3. The highest BCUT2D eigenvalue weighted by molar-refractivity contribution is 5.31. The second kappa shape index (κ2) is 6.61. The van der Waals surface area contributed by atoms with E-state index in [4.69, 9.17) is 14.2 Å². The van der Waals surface area contributed by atoms with E-state index < -0.39 is 0 Å². The first kappa shape index (κ1) is 13.2. The van der Waals surface area contributed by atoms with Gasteiger partial charge in [-0.15, -0.1) is 0 Å². The van der Waals surface area contributed by atoms with Gasteiger partial charge in [0.2, 0.25) is 0 Å². The fraction of sp³-hybridized carbons (Fsp3) is 0.571. The van der Waals surface area contributed by atoms with Gasteiger partial charge in [0.1, 0.15) is 11.5 Å². The molecule has 0 radical (unpaired) electrons. The largest absolute Gasteiger partial charge is 0.497 e. The van der Waals surface area contributed by atoms with Crippen molar-refractivity contribution in [2.75, 3.05) is 33.5 Å². The van der Waals surface area contributed by atoms with E-state index in [2.05, 4.69) is 0 Å². The number of methoxy groups -OCH3 is 1. The number of aliphatic hydroxyl groups excluding tert-OH is 1. The Morgan fingerprint density at radius 2 is 2.06 bits per heavy atom. The number of hydrogen-bond donors (Lipinski definition) is 1. The molecular weight excluding hydrogens is 232 g/mol. The molecule has 18 heavy (non-hydrogen) atoms. The SMILES string of the molecule is COc1ccc(OCC(CO)C2CCOC2)cc1. The van der Waals surface area contributed by atoms with E-state index in [9.17, 15) is 5.11 Å². The Labute approximate surface area is 107 Å². The minimum Gasteiger partial charge on any atom is -0.497 e. The molecule has 1 fully saturated rings. The van der Waals surface area contributed by atoms with Crippen LogP contribution in [0.25, 0.3) is 0 Å². The molecule has 0 aliphatic carbocycles. The van der Waals surface area contributed by atoms with Crippen LogP contribution in [-0.2, 0) is 4.74 Å². The zero-order valence-electron chi connectivity index (χ0n) is 10.7. The van der Waals surface area contributed by atoms with Gasteiger partial charge in [-0.25, -0.2) is 0 Å². The fourth-order valence-electron chi connectivity index (χ4n) is 2.14. The molecule has 1 aromatic carbocycles. The molecule has 2 rings (SSSR count). The summed E-state index contributed by atoms with van der Waals surface area (Å²) in [6.07, 6.45) is 1.01. The van der Waals surface area contributed by atoms with Crippen LogP contribution in [0.15, 0.2) is 24.3 Å². The van der Waals surface area contributed by atoms with Crippen LogP contribution in [0.2, 0.25) is 0 Å². The lowest BCUT2D eigenvalue weighted by atomic mass is 9.93. The van der Waals surface area contributed by atoms with Gasteiger partial charge in [0.05, 0.1) is 13.7 Å². The summed E-state index contributed by atoms with van der Waals surface area (Å²) in [7, 11) is 1.64. The van der Waals surface area contributed by atoms with Crippen molar-refractivity contribution in [3.8, 4) is 11.5 Å². The van der Waals surface area contributed by atoms with Crippen molar-refractivity contribution in [2.24, 2.45) is 11.8 Å². The summed E-state index contributed by atoms with van der Waals surface area (Å²) in [5.74, 6) is 2.17. The van der Waals surface area contributed by atoms with Crippen molar-refractivity contribution in [1.29, 1.82) is 0 Å². The lowest BCUT2D eigenvalue weighted by molar-refractivity contribution is 0.102. The first-order chi connectivity index (χ1) is 8.83. The average molecular weight is 252 g/mol. The van der Waals surface area contributed by atoms with Gasteiger partial charge in [0, 0.05) is 25.7 Å². The molecule has 0 spiro atoms. The van der Waals surface area contributed by atoms with E-state index in [1.54, 1.807) is 7.11 Å². The monoisotopic (exact) mass is 252 g/mol. The summed E-state index contributed by atoms with van der Waals surface area (Å²) in [6.45, 7) is 2.20. The summed E-state index contributed by atoms with van der Waals surface area (Å²) < 4.78 is 16.1. The third kappa shape index (κ3) is 3.37. The van der Waals surface area contributed by atoms with Gasteiger partial charge in [0.15, 0.2) is 0 Å². The zero-order chi connectivity index (χ0) is 12.8. The number of benzene rings is 1. The molecule has 2 atom stereocenters. The Hall–Kier alpha value is -1.26. The lowest BCUT2D eigenvalue weighted by Gasteiger charge is -2.20. The predicted molar refractivity (Wildman–Crippen MR) is 68.0 cm³/mol. The van der Waals surface area contributed by atoms with E-state index >= 15 is 0 Å². The van der Waals surface area contributed by atoms with Crippen molar-refractivity contribution in [2.45, 2.75) is 6.42 Å². The third-order valence-corrected chi connectivity index (χ3v) is 3.39. The Balaban J connectivity index is 1.84. The smallest absolute Gasteiger partial charge is 0.119 e. The van der Waals surface area contributed by atoms with Crippen LogP contribution < -0.4 is 9.47 Å². The molecule has 1 saturated heterocycles. The zero-order valence-corrected chi connectivity index (χ0v) is 10.7. The summed E-state index contributed by atoms with van der Waals surface area (Å²) in [6, 6.07) is 7.47. The highest BCUT2D eigenvalue weighted by Gasteiger charge is 2.25. The maximum Gasteiger partial charge on any atom is 0.119 e. The number of aliphatic hydroxyl groups is 1. The van der Waals surface area contributed by atoms with E-state index in [0.717, 1.165) is 31.1 Å². The quantitative estimate of drug-likeness (QED) is 0.837. The summed E-state index contributed by atoms with van der Waals surface area (Å²) in [5.41, 5.74) is 0. The van der Waals surface area contributed by atoms with Gasteiger partial charge < -0.3 is 19.3 Å². The van der Waals surface area contributed by atoms with Gasteiger partial charge in [-0.3, -0.25) is 0 Å². The normalized spacial score (nSPS) is 20.7. The maximum absolute atomic E-state index is 9.39. The Kier molecular flexibility index (Phi) is 4.84. The molecule has 100 valence electrons. The van der Waals surface area contributed by atoms with Crippen LogP contribution in [0, 0.1) is 11.8 Å². The molecule has 0 amide bonds. The minimum absolute atomic E-state index is 0.143. The highest BCUT2D eigenvalue weighted by Crippen LogP contribution is 2.24. The third-order valence-electron chi connectivity index (χ3n) is 3.39. The number of hydrogen-bond acceptors (Lipinski definition) is 4. The second-order valence-corrected chi connectivity index (χ2v) is 4.55. The predicted octanol–water partition coefficient (Wildman–Crippen LogP) is 1.72. The average Bonchev–Trinajstić information content (AvgIpc) is 2.94. The molecule has 0 aromatic heterocycles. The van der Waals surface area contributed by atoms with E-state index in [-0.39, 0.29) is 12.5 Å². The van der Waals surface area contributed by atoms with Crippen molar-refractivity contribution in [3.63, 3.8) is 0 Å². The summed E-state index contributed by atoms with van der Waals surface area (Å²) in [4.78, 5) is 0. The van der Waals surface area contributed by atoms with Crippen molar-refractivity contribution in [3.05, 3.63) is 24.3 Å². The van der Waals surface area contributed by atoms with E-state index in [0.29, 0.717) is 12.5 Å². The highest BCUT2D eigenvalue weighted by atomic mass is 16.5. The molecular formula is C14H20O4. The molecule has 0 saturated carbocycles. The van der Waals surface area contributed by atoms with E-state index in [1.807, 2.05) is 24.3 Å². The van der Waals surface area contributed by atoms with Gasteiger partial charge in [-0.05, 0) is 36.6 Å². The van der Waals surface area contributed by atoms with Crippen LogP contribution in [0.4, 0.5) is 0 Å². The van der Waals surface area contributed by atoms with Gasteiger partial charge in [0.25, 0.3) is 0 Å².